The largest absolute Gasteiger partial charge is 0.497 e. The molecule has 1 amide bonds. The monoisotopic (exact) mass is 352 g/mol. The number of hydrogen-bond donors (Lipinski definition) is 1. The fourth-order valence-electron chi connectivity index (χ4n) is 2.39. The number of hydrogen-bond acceptors (Lipinski definition) is 5. The summed E-state index contributed by atoms with van der Waals surface area (Å²) in [5, 5.41) is 6.79. The number of nitrogens with one attached hydrogen (secondary N) is 1. The van der Waals surface area contributed by atoms with E-state index < -0.39 is 6.10 Å². The van der Waals surface area contributed by atoms with E-state index in [-0.39, 0.29) is 12.5 Å². The fraction of sp³-hybridized carbons (Fsp3) is 0.200. The third kappa shape index (κ3) is 4.42. The van der Waals surface area contributed by atoms with Gasteiger partial charge in [-0.05, 0) is 31.2 Å². The summed E-state index contributed by atoms with van der Waals surface area (Å²) in [7, 11) is 1.61. The average Bonchev–Trinajstić information content (AvgIpc) is 3.16. The van der Waals surface area contributed by atoms with Gasteiger partial charge >= 0.3 is 0 Å². The van der Waals surface area contributed by atoms with Crippen LogP contribution in [0.15, 0.2) is 65.2 Å². The molecular weight excluding hydrogens is 332 g/mol. The van der Waals surface area contributed by atoms with E-state index in [1.807, 2.05) is 54.6 Å². The summed E-state index contributed by atoms with van der Waals surface area (Å²) < 4.78 is 16.1. The summed E-state index contributed by atoms with van der Waals surface area (Å²) in [6.45, 7) is 1.96. The van der Waals surface area contributed by atoms with Crippen LogP contribution in [0.2, 0.25) is 0 Å². The van der Waals surface area contributed by atoms with Crippen molar-refractivity contribution in [1.29, 1.82) is 0 Å². The Morgan fingerprint density at radius 2 is 1.88 bits per heavy atom. The van der Waals surface area contributed by atoms with Crippen molar-refractivity contribution >= 4 is 5.91 Å². The minimum atomic E-state index is -0.609. The van der Waals surface area contributed by atoms with E-state index in [4.69, 9.17) is 14.0 Å². The molecule has 3 aromatic rings. The molecule has 0 aliphatic carbocycles. The van der Waals surface area contributed by atoms with Crippen LogP contribution in [0.4, 0.5) is 0 Å². The van der Waals surface area contributed by atoms with Crippen LogP contribution in [0, 0.1) is 0 Å². The van der Waals surface area contributed by atoms with E-state index in [0.29, 0.717) is 17.2 Å². The Kier molecular flexibility index (Phi) is 5.53. The highest BCUT2D eigenvalue weighted by atomic mass is 16.5. The first-order valence-electron chi connectivity index (χ1n) is 8.25. The average molecular weight is 352 g/mol. The van der Waals surface area contributed by atoms with Crippen LogP contribution in [0.1, 0.15) is 12.6 Å². The zero-order valence-corrected chi connectivity index (χ0v) is 14.6. The second-order valence-corrected chi connectivity index (χ2v) is 5.71. The second-order valence-electron chi connectivity index (χ2n) is 5.71. The third-order valence-electron chi connectivity index (χ3n) is 3.78. The number of nitrogens with zero attached hydrogens (tertiary/aromatic N) is 1. The number of carbonyl (C=O) groups excluding carboxylic acids is 1. The third-order valence-corrected chi connectivity index (χ3v) is 3.78. The highest BCUT2D eigenvalue weighted by Gasteiger charge is 2.15. The number of ether oxygens (including phenoxy) is 2. The maximum Gasteiger partial charge on any atom is 0.261 e. The van der Waals surface area contributed by atoms with Crippen LogP contribution in [0.25, 0.3) is 11.3 Å². The van der Waals surface area contributed by atoms with Gasteiger partial charge in [0.05, 0.1) is 13.7 Å². The molecule has 1 N–H and O–H groups in total. The summed E-state index contributed by atoms with van der Waals surface area (Å²) in [4.78, 5) is 12.2. The van der Waals surface area contributed by atoms with Crippen LogP contribution in [-0.4, -0.2) is 24.3 Å². The minimum absolute atomic E-state index is 0.222. The molecule has 6 heteroatoms. The molecule has 0 saturated carbocycles. The van der Waals surface area contributed by atoms with Gasteiger partial charge < -0.3 is 19.3 Å². The van der Waals surface area contributed by atoms with Gasteiger partial charge in [0.1, 0.15) is 17.2 Å². The molecule has 3 rings (SSSR count). The summed E-state index contributed by atoms with van der Waals surface area (Å²) in [6, 6.07) is 18.5. The second kappa shape index (κ2) is 8.20. The van der Waals surface area contributed by atoms with E-state index in [2.05, 4.69) is 10.5 Å². The van der Waals surface area contributed by atoms with Crippen LogP contribution in [0.5, 0.6) is 11.5 Å². The Bertz CT molecular complexity index is 861. The number of amides is 1. The maximum absolute atomic E-state index is 12.2. The van der Waals surface area contributed by atoms with Crippen molar-refractivity contribution in [2.45, 2.75) is 19.6 Å². The molecule has 134 valence electrons. The molecular formula is C20H20N2O4. The van der Waals surface area contributed by atoms with Crippen LogP contribution < -0.4 is 14.8 Å². The van der Waals surface area contributed by atoms with Crippen molar-refractivity contribution < 1.29 is 18.8 Å². The zero-order valence-electron chi connectivity index (χ0n) is 14.6. The number of para-hydroxylation sites is 1. The zero-order chi connectivity index (χ0) is 18.4. The summed E-state index contributed by atoms with van der Waals surface area (Å²) in [5.41, 5.74) is 1.48. The molecule has 0 aliphatic rings. The van der Waals surface area contributed by atoms with Gasteiger partial charge in [-0.3, -0.25) is 4.79 Å². The van der Waals surface area contributed by atoms with E-state index >= 15 is 0 Å². The Morgan fingerprint density at radius 3 is 2.65 bits per heavy atom. The molecule has 6 nitrogen and oxygen atoms in total. The molecule has 2 aromatic carbocycles. The fourth-order valence-corrected chi connectivity index (χ4v) is 2.39. The maximum atomic E-state index is 12.2. The van der Waals surface area contributed by atoms with Gasteiger partial charge in [0.15, 0.2) is 11.9 Å². The summed E-state index contributed by atoms with van der Waals surface area (Å²) in [6.07, 6.45) is -0.609. The number of rotatable bonds is 7. The number of methoxy groups -OCH3 is 1. The van der Waals surface area contributed by atoms with Gasteiger partial charge in [-0.1, -0.05) is 35.5 Å². The molecule has 1 heterocycles. The van der Waals surface area contributed by atoms with Crippen molar-refractivity contribution in [3.63, 3.8) is 0 Å². The Hall–Kier alpha value is -3.28. The standard InChI is InChI=1S/C20H20N2O4/c1-14(25-17-8-4-3-5-9-17)20(23)21-13-16-12-19(26-22-16)15-7-6-10-18(11-15)24-2/h3-12,14H,13H2,1-2H3,(H,21,23). The molecule has 1 atom stereocenters. The van der Waals surface area contributed by atoms with Crippen molar-refractivity contribution in [1.82, 2.24) is 10.5 Å². The van der Waals surface area contributed by atoms with E-state index in [9.17, 15) is 4.79 Å². The smallest absolute Gasteiger partial charge is 0.261 e. The highest BCUT2D eigenvalue weighted by Crippen LogP contribution is 2.24. The molecule has 0 fully saturated rings. The quantitative estimate of drug-likeness (QED) is 0.705. The summed E-state index contributed by atoms with van der Waals surface area (Å²) in [5.74, 6) is 1.78. The lowest BCUT2D eigenvalue weighted by Crippen LogP contribution is -2.35. The first kappa shape index (κ1) is 17.5. The number of carbonyl (C=O) groups is 1. The number of benzene rings is 2. The Balaban J connectivity index is 1.56. The van der Waals surface area contributed by atoms with Gasteiger partial charge in [-0.15, -0.1) is 0 Å². The van der Waals surface area contributed by atoms with Gasteiger partial charge in [-0.25, -0.2) is 0 Å². The molecule has 0 bridgehead atoms. The van der Waals surface area contributed by atoms with Crippen LogP contribution in [-0.2, 0) is 11.3 Å². The molecule has 0 saturated heterocycles. The van der Waals surface area contributed by atoms with E-state index in [0.717, 1.165) is 11.3 Å². The van der Waals surface area contributed by atoms with Crippen molar-refractivity contribution in [3.8, 4) is 22.8 Å². The predicted octanol–water partition coefficient (Wildman–Crippen LogP) is 3.43. The van der Waals surface area contributed by atoms with E-state index in [1.54, 1.807) is 20.1 Å². The first-order chi connectivity index (χ1) is 12.7. The normalized spacial score (nSPS) is 11.6. The minimum Gasteiger partial charge on any atom is -0.497 e. The van der Waals surface area contributed by atoms with Gasteiger partial charge in [0.25, 0.3) is 5.91 Å². The van der Waals surface area contributed by atoms with Crippen LogP contribution in [0.3, 0.4) is 0 Å². The van der Waals surface area contributed by atoms with Crippen molar-refractivity contribution in [3.05, 3.63) is 66.4 Å². The van der Waals surface area contributed by atoms with Crippen molar-refractivity contribution in [2.75, 3.05) is 7.11 Å². The first-order valence-corrected chi connectivity index (χ1v) is 8.25. The van der Waals surface area contributed by atoms with Crippen molar-refractivity contribution in [2.24, 2.45) is 0 Å². The van der Waals surface area contributed by atoms with E-state index in [1.165, 1.54) is 0 Å². The molecule has 26 heavy (non-hydrogen) atoms. The molecule has 1 aromatic heterocycles. The SMILES string of the molecule is COc1cccc(-c2cc(CNC(=O)C(C)Oc3ccccc3)no2)c1. The van der Waals surface area contributed by atoms with Gasteiger partial charge in [0, 0.05) is 11.6 Å². The lowest BCUT2D eigenvalue weighted by atomic mass is 10.1. The lowest BCUT2D eigenvalue weighted by molar-refractivity contribution is -0.127. The summed E-state index contributed by atoms with van der Waals surface area (Å²) >= 11 is 0. The number of aromatic nitrogens is 1. The molecule has 1 unspecified atom stereocenters. The molecule has 0 aliphatic heterocycles. The molecule has 0 radical (unpaired) electrons. The Labute approximate surface area is 151 Å². The predicted molar refractivity (Wildman–Crippen MR) is 96.9 cm³/mol. The Morgan fingerprint density at radius 1 is 1.12 bits per heavy atom. The lowest BCUT2D eigenvalue weighted by Gasteiger charge is -2.13. The molecule has 0 spiro atoms. The van der Waals surface area contributed by atoms with Gasteiger partial charge in [-0.2, -0.15) is 0 Å². The van der Waals surface area contributed by atoms with Crippen LogP contribution >= 0.6 is 0 Å². The topological polar surface area (TPSA) is 73.6 Å². The highest BCUT2D eigenvalue weighted by molar-refractivity contribution is 5.80. The van der Waals surface area contributed by atoms with Gasteiger partial charge in [0.2, 0.25) is 0 Å².